The maximum Gasteiger partial charge on any atom is 0.306 e. The van der Waals surface area contributed by atoms with Gasteiger partial charge in [-0.1, -0.05) is 18.2 Å². The average Bonchev–Trinajstić information content (AvgIpc) is 2.77. The van der Waals surface area contributed by atoms with Gasteiger partial charge in [0.2, 0.25) is 0 Å². The molecule has 0 radical (unpaired) electrons. The van der Waals surface area contributed by atoms with Crippen molar-refractivity contribution in [1.29, 1.82) is 0 Å². The van der Waals surface area contributed by atoms with E-state index >= 15 is 0 Å². The second-order valence-corrected chi connectivity index (χ2v) is 12.7. The van der Waals surface area contributed by atoms with Crippen LogP contribution in [0.25, 0.3) is 22.3 Å². The molecular formula is C23H24O12S3. The Bertz CT molecular complexity index is 1680. The monoisotopic (exact) mass is 588 g/mol. The van der Waals surface area contributed by atoms with Gasteiger partial charge in [0, 0.05) is 5.56 Å². The summed E-state index contributed by atoms with van der Waals surface area (Å²) >= 11 is 0. The molecule has 0 spiro atoms. The van der Waals surface area contributed by atoms with Crippen LogP contribution in [0.4, 0.5) is 0 Å². The molecule has 0 unspecified atom stereocenters. The van der Waals surface area contributed by atoms with Crippen molar-refractivity contribution in [2.75, 3.05) is 33.0 Å². The Labute approximate surface area is 220 Å². The fourth-order valence-corrected chi connectivity index (χ4v) is 4.85. The minimum atomic E-state index is -4.14. The molecule has 0 bridgehead atoms. The Hall–Kier alpha value is -3.69. The predicted octanol–water partition coefficient (Wildman–Crippen LogP) is 2.76. The summed E-state index contributed by atoms with van der Waals surface area (Å²) in [6, 6.07) is 11.0. The van der Waals surface area contributed by atoms with Gasteiger partial charge in [-0.3, -0.25) is 0 Å². The SMILES string of the molecule is COc1cc(-c2ccc(OS(C)(=O)=O)cc2)c(OC)c(OS(C)(=O)=O)c1-c1ccc(O)c(OS(C)(=O)=O)c1. The van der Waals surface area contributed by atoms with Gasteiger partial charge in [0.25, 0.3) is 0 Å². The van der Waals surface area contributed by atoms with E-state index in [1.54, 1.807) is 0 Å². The predicted molar refractivity (Wildman–Crippen MR) is 138 cm³/mol. The zero-order valence-electron chi connectivity index (χ0n) is 20.8. The normalized spacial score (nSPS) is 12.0. The molecule has 0 heterocycles. The molecule has 0 atom stereocenters. The van der Waals surface area contributed by atoms with Crippen LogP contribution in [0.2, 0.25) is 0 Å². The van der Waals surface area contributed by atoms with Gasteiger partial charge in [0.05, 0.1) is 38.6 Å². The maximum atomic E-state index is 12.2. The summed E-state index contributed by atoms with van der Waals surface area (Å²) in [6.45, 7) is 0. The molecule has 0 aliphatic rings. The lowest BCUT2D eigenvalue weighted by Gasteiger charge is -2.21. The van der Waals surface area contributed by atoms with Gasteiger partial charge < -0.3 is 27.1 Å². The molecule has 12 nitrogen and oxygen atoms in total. The molecule has 0 aliphatic heterocycles. The van der Waals surface area contributed by atoms with Crippen molar-refractivity contribution >= 4 is 30.4 Å². The van der Waals surface area contributed by atoms with Crippen molar-refractivity contribution in [2.45, 2.75) is 0 Å². The molecule has 0 saturated heterocycles. The van der Waals surface area contributed by atoms with Crippen LogP contribution in [0.3, 0.4) is 0 Å². The summed E-state index contributed by atoms with van der Waals surface area (Å²) in [4.78, 5) is 0. The topological polar surface area (TPSA) is 169 Å². The van der Waals surface area contributed by atoms with Gasteiger partial charge in [-0.05, 0) is 41.5 Å². The highest BCUT2D eigenvalue weighted by atomic mass is 32.2. The lowest BCUT2D eigenvalue weighted by Crippen LogP contribution is -2.09. The number of phenolic OH excluding ortho intramolecular Hbond substituents is 1. The van der Waals surface area contributed by atoms with Gasteiger partial charge in [-0.15, -0.1) is 0 Å². The van der Waals surface area contributed by atoms with E-state index in [-0.39, 0.29) is 34.1 Å². The van der Waals surface area contributed by atoms with Crippen molar-refractivity contribution in [3.63, 3.8) is 0 Å². The van der Waals surface area contributed by atoms with Crippen LogP contribution in [0, 0.1) is 0 Å². The third-order valence-corrected chi connectivity index (χ3v) is 6.21. The summed E-state index contributed by atoms with van der Waals surface area (Å²) in [5.74, 6) is -1.09. The van der Waals surface area contributed by atoms with E-state index in [2.05, 4.69) is 0 Å². The summed E-state index contributed by atoms with van der Waals surface area (Å²) in [7, 11) is -9.31. The van der Waals surface area contributed by atoms with E-state index in [0.717, 1.165) is 24.8 Å². The summed E-state index contributed by atoms with van der Waals surface area (Å²) in [5, 5.41) is 10.1. The molecule has 0 fully saturated rings. The number of aromatic hydroxyl groups is 1. The fraction of sp³-hybridized carbons (Fsp3) is 0.217. The number of rotatable bonds is 10. The molecule has 0 aliphatic carbocycles. The van der Waals surface area contributed by atoms with Crippen molar-refractivity contribution in [2.24, 2.45) is 0 Å². The number of phenols is 1. The fourth-order valence-electron chi connectivity index (χ4n) is 3.46. The number of methoxy groups -OCH3 is 2. The van der Waals surface area contributed by atoms with E-state index in [1.807, 2.05) is 0 Å². The first-order valence-corrected chi connectivity index (χ1v) is 15.9. The van der Waals surface area contributed by atoms with E-state index in [1.165, 1.54) is 56.7 Å². The molecule has 0 aromatic heterocycles. The Morgan fingerprint density at radius 1 is 0.605 bits per heavy atom. The van der Waals surface area contributed by atoms with Crippen LogP contribution in [0.15, 0.2) is 48.5 Å². The lowest BCUT2D eigenvalue weighted by atomic mass is 9.96. The molecule has 0 amide bonds. The highest BCUT2D eigenvalue weighted by molar-refractivity contribution is 7.86. The molecule has 3 aromatic rings. The van der Waals surface area contributed by atoms with Crippen molar-refractivity contribution in [3.05, 3.63) is 48.5 Å². The second kappa shape index (κ2) is 10.6. The number of ether oxygens (including phenoxy) is 2. The van der Waals surface area contributed by atoms with Crippen LogP contribution in [0.5, 0.6) is 34.5 Å². The minimum absolute atomic E-state index is 0.0401. The third kappa shape index (κ3) is 7.20. The highest BCUT2D eigenvalue weighted by Gasteiger charge is 2.27. The number of hydrogen-bond donors (Lipinski definition) is 1. The van der Waals surface area contributed by atoms with Gasteiger partial charge in [-0.25, -0.2) is 0 Å². The van der Waals surface area contributed by atoms with Gasteiger partial charge in [-0.2, -0.15) is 25.3 Å². The number of benzene rings is 3. The zero-order chi connectivity index (χ0) is 28.5. The van der Waals surface area contributed by atoms with Crippen molar-refractivity contribution < 1.29 is 52.4 Å². The van der Waals surface area contributed by atoms with Crippen LogP contribution in [-0.4, -0.2) is 63.3 Å². The van der Waals surface area contributed by atoms with Crippen LogP contribution < -0.4 is 22.0 Å². The lowest BCUT2D eigenvalue weighted by molar-refractivity contribution is 0.386. The largest absolute Gasteiger partial charge is 0.504 e. The molecule has 38 heavy (non-hydrogen) atoms. The second-order valence-electron chi connectivity index (χ2n) is 7.93. The number of hydrogen-bond acceptors (Lipinski definition) is 12. The first-order valence-electron chi connectivity index (χ1n) is 10.4. The van der Waals surface area contributed by atoms with Crippen LogP contribution in [-0.2, 0) is 30.4 Å². The molecule has 3 aromatic carbocycles. The quantitative estimate of drug-likeness (QED) is 0.344. The summed E-state index contributed by atoms with van der Waals surface area (Å²) in [5.41, 5.74) is 0.981. The summed E-state index contributed by atoms with van der Waals surface area (Å²) < 4.78 is 96.7. The Morgan fingerprint density at radius 3 is 1.66 bits per heavy atom. The third-order valence-electron chi connectivity index (χ3n) is 4.76. The molecule has 206 valence electrons. The van der Waals surface area contributed by atoms with Crippen molar-refractivity contribution in [1.82, 2.24) is 0 Å². The standard InChI is InChI=1S/C23H24O12S3/c1-31-20-13-17(14-6-9-16(10-7-14)33-36(3,25)26)22(32-2)23(35-38(5,29)30)21(20)15-8-11-18(24)19(12-15)34-37(4,27)28/h6-13,24H,1-5H3. The van der Waals surface area contributed by atoms with Crippen LogP contribution >= 0.6 is 0 Å². The van der Waals surface area contributed by atoms with E-state index in [9.17, 15) is 30.4 Å². The van der Waals surface area contributed by atoms with Crippen molar-refractivity contribution in [3.8, 4) is 56.8 Å². The van der Waals surface area contributed by atoms with Gasteiger partial charge in [0.1, 0.15) is 11.5 Å². The summed E-state index contributed by atoms with van der Waals surface area (Å²) in [6.07, 6.45) is 2.52. The molecule has 3 rings (SSSR count). The van der Waals surface area contributed by atoms with Crippen LogP contribution in [0.1, 0.15) is 0 Å². The Kier molecular flexibility index (Phi) is 8.04. The van der Waals surface area contributed by atoms with Gasteiger partial charge >= 0.3 is 30.4 Å². The Balaban J connectivity index is 2.32. The average molecular weight is 589 g/mol. The Morgan fingerprint density at radius 2 is 1.16 bits per heavy atom. The van der Waals surface area contributed by atoms with E-state index in [4.69, 9.17) is 22.0 Å². The molecular weight excluding hydrogens is 564 g/mol. The smallest absolute Gasteiger partial charge is 0.306 e. The van der Waals surface area contributed by atoms with E-state index in [0.29, 0.717) is 11.1 Å². The van der Waals surface area contributed by atoms with E-state index < -0.39 is 41.9 Å². The molecule has 0 saturated carbocycles. The minimum Gasteiger partial charge on any atom is -0.504 e. The molecule has 1 N–H and O–H groups in total. The first-order chi connectivity index (χ1) is 17.5. The molecule has 15 heteroatoms. The zero-order valence-corrected chi connectivity index (χ0v) is 23.2. The maximum absolute atomic E-state index is 12.2. The highest BCUT2D eigenvalue weighted by Crippen LogP contribution is 2.51. The first kappa shape index (κ1) is 28.9. The van der Waals surface area contributed by atoms with Gasteiger partial charge in [0.15, 0.2) is 23.0 Å².